The van der Waals surface area contributed by atoms with Crippen molar-refractivity contribution in [2.45, 2.75) is 31.7 Å². The molecule has 2 rings (SSSR count). The number of pyridine rings is 1. The average molecular weight is 264 g/mol. The molecule has 19 heavy (non-hydrogen) atoms. The maximum Gasteiger partial charge on any atom is 0.305 e. The second-order valence-corrected chi connectivity index (χ2v) is 4.68. The second kappa shape index (κ2) is 5.69. The Hall–Kier alpha value is -2.11. The number of carboxylic acid groups (broad SMARTS) is 1. The summed E-state index contributed by atoms with van der Waals surface area (Å²) in [6.45, 7) is 0.548. The molecular formula is C13H16N2O4. The minimum absolute atomic E-state index is 0.0437. The summed E-state index contributed by atoms with van der Waals surface area (Å²) in [7, 11) is 0. The molecule has 1 aliphatic rings. The largest absolute Gasteiger partial charge is 0.506 e. The van der Waals surface area contributed by atoms with Crippen LogP contribution in [0.15, 0.2) is 18.5 Å². The number of likely N-dealkylation sites (tertiary alicyclic amines) is 1. The molecule has 0 radical (unpaired) electrons. The predicted octanol–water partition coefficient (Wildman–Crippen LogP) is 1.26. The van der Waals surface area contributed by atoms with Crippen LogP contribution in [-0.4, -0.2) is 44.6 Å². The first-order valence-electron chi connectivity index (χ1n) is 6.24. The lowest BCUT2D eigenvalue weighted by Crippen LogP contribution is -2.44. The highest BCUT2D eigenvalue weighted by atomic mass is 16.4. The van der Waals surface area contributed by atoms with Crippen molar-refractivity contribution in [2.75, 3.05) is 6.54 Å². The smallest absolute Gasteiger partial charge is 0.305 e. The van der Waals surface area contributed by atoms with Crippen LogP contribution in [0.3, 0.4) is 0 Å². The quantitative estimate of drug-likeness (QED) is 0.857. The minimum Gasteiger partial charge on any atom is -0.506 e. The van der Waals surface area contributed by atoms with Crippen LogP contribution in [0.5, 0.6) is 5.75 Å². The maximum absolute atomic E-state index is 12.3. The Balaban J connectivity index is 2.17. The molecule has 2 N–H and O–H groups in total. The van der Waals surface area contributed by atoms with Crippen LogP contribution >= 0.6 is 0 Å². The molecule has 1 aliphatic heterocycles. The number of aromatic hydroxyl groups is 1. The molecule has 0 aliphatic carbocycles. The summed E-state index contributed by atoms with van der Waals surface area (Å²) in [5, 5.41) is 18.2. The van der Waals surface area contributed by atoms with Gasteiger partial charge < -0.3 is 15.1 Å². The molecule has 0 bridgehead atoms. The van der Waals surface area contributed by atoms with Crippen LogP contribution in [-0.2, 0) is 4.79 Å². The van der Waals surface area contributed by atoms with Gasteiger partial charge in [0.2, 0.25) is 0 Å². The van der Waals surface area contributed by atoms with Crippen LogP contribution < -0.4 is 0 Å². The van der Waals surface area contributed by atoms with Gasteiger partial charge in [-0.1, -0.05) is 0 Å². The first-order chi connectivity index (χ1) is 9.08. The zero-order valence-corrected chi connectivity index (χ0v) is 10.5. The minimum atomic E-state index is -0.904. The lowest BCUT2D eigenvalue weighted by atomic mass is 9.98. The fraction of sp³-hybridized carbons (Fsp3) is 0.462. The van der Waals surface area contributed by atoms with Crippen molar-refractivity contribution < 1.29 is 19.8 Å². The molecule has 1 aromatic heterocycles. The van der Waals surface area contributed by atoms with E-state index in [2.05, 4.69) is 4.98 Å². The second-order valence-electron chi connectivity index (χ2n) is 4.68. The summed E-state index contributed by atoms with van der Waals surface area (Å²) in [5.74, 6) is -1.24. The van der Waals surface area contributed by atoms with Gasteiger partial charge in [-0.25, -0.2) is 0 Å². The van der Waals surface area contributed by atoms with Crippen LogP contribution in [0.25, 0.3) is 0 Å². The van der Waals surface area contributed by atoms with Crippen LogP contribution in [0.2, 0.25) is 0 Å². The molecule has 2 heterocycles. The third kappa shape index (κ3) is 3.21. The molecule has 0 spiro atoms. The summed E-state index contributed by atoms with van der Waals surface area (Å²) in [6, 6.07) is 1.07. The third-order valence-electron chi connectivity index (χ3n) is 3.27. The summed E-state index contributed by atoms with van der Waals surface area (Å²) in [5.41, 5.74) is 0.289. The number of aromatic nitrogens is 1. The van der Waals surface area contributed by atoms with E-state index in [4.69, 9.17) is 5.11 Å². The Labute approximate surface area is 110 Å². The van der Waals surface area contributed by atoms with E-state index in [0.717, 1.165) is 12.8 Å². The fourth-order valence-electron chi connectivity index (χ4n) is 2.39. The Bertz CT molecular complexity index is 489. The van der Waals surface area contributed by atoms with Gasteiger partial charge in [-0.3, -0.25) is 14.6 Å². The Morgan fingerprint density at radius 2 is 2.16 bits per heavy atom. The average Bonchev–Trinajstić information content (AvgIpc) is 2.38. The summed E-state index contributed by atoms with van der Waals surface area (Å²) in [6.07, 6.45) is 5.09. The highest BCUT2D eigenvalue weighted by Gasteiger charge is 2.29. The normalized spacial score (nSPS) is 19.2. The van der Waals surface area contributed by atoms with Crippen LogP contribution in [0.4, 0.5) is 0 Å². The molecule has 6 nitrogen and oxygen atoms in total. The van der Waals surface area contributed by atoms with E-state index in [1.807, 2.05) is 0 Å². The zero-order chi connectivity index (χ0) is 13.8. The SMILES string of the molecule is O=C(O)C[C@@H]1CCCCN1C(=O)c1cncc(O)c1. The van der Waals surface area contributed by atoms with Crippen molar-refractivity contribution >= 4 is 11.9 Å². The summed E-state index contributed by atoms with van der Waals surface area (Å²) >= 11 is 0. The molecule has 0 saturated carbocycles. The molecule has 1 saturated heterocycles. The summed E-state index contributed by atoms with van der Waals surface area (Å²) in [4.78, 5) is 28.5. The first-order valence-corrected chi connectivity index (χ1v) is 6.24. The van der Waals surface area contributed by atoms with Gasteiger partial charge in [0.25, 0.3) is 5.91 Å². The van der Waals surface area contributed by atoms with Gasteiger partial charge in [-0.15, -0.1) is 0 Å². The van der Waals surface area contributed by atoms with Gasteiger partial charge in [0, 0.05) is 18.8 Å². The van der Waals surface area contributed by atoms with E-state index >= 15 is 0 Å². The van der Waals surface area contributed by atoms with Crippen molar-refractivity contribution in [1.29, 1.82) is 0 Å². The molecule has 1 fully saturated rings. The molecule has 1 aromatic rings. The van der Waals surface area contributed by atoms with Crippen molar-refractivity contribution in [3.05, 3.63) is 24.0 Å². The number of amides is 1. The van der Waals surface area contributed by atoms with Crippen molar-refractivity contribution in [3.63, 3.8) is 0 Å². The monoisotopic (exact) mass is 264 g/mol. The van der Waals surface area contributed by atoms with Crippen molar-refractivity contribution in [2.24, 2.45) is 0 Å². The van der Waals surface area contributed by atoms with Gasteiger partial charge in [0.05, 0.1) is 18.2 Å². The van der Waals surface area contributed by atoms with Gasteiger partial charge in [-0.2, -0.15) is 0 Å². The number of rotatable bonds is 3. The standard InChI is InChI=1S/C13H16N2O4/c16-11-5-9(7-14-8-11)13(19)15-4-2-1-3-10(15)6-12(17)18/h5,7-8,10,16H,1-4,6H2,(H,17,18)/t10-/m0/s1. The number of carbonyl (C=O) groups is 2. The van der Waals surface area contributed by atoms with E-state index in [9.17, 15) is 14.7 Å². The number of carbonyl (C=O) groups excluding carboxylic acids is 1. The molecule has 6 heteroatoms. The first kappa shape index (κ1) is 13.3. The van der Waals surface area contributed by atoms with E-state index in [1.165, 1.54) is 18.5 Å². The highest BCUT2D eigenvalue weighted by molar-refractivity contribution is 5.94. The molecule has 1 amide bonds. The number of nitrogens with zero attached hydrogens (tertiary/aromatic N) is 2. The molecular weight excluding hydrogens is 248 g/mol. The van der Waals surface area contributed by atoms with Crippen molar-refractivity contribution in [3.8, 4) is 5.75 Å². The molecule has 1 atom stereocenters. The van der Waals surface area contributed by atoms with E-state index < -0.39 is 5.97 Å². The lowest BCUT2D eigenvalue weighted by Gasteiger charge is -2.35. The number of aliphatic carboxylic acids is 1. The number of carboxylic acids is 1. The number of hydrogen-bond acceptors (Lipinski definition) is 4. The van der Waals surface area contributed by atoms with Crippen molar-refractivity contribution in [1.82, 2.24) is 9.88 Å². The predicted molar refractivity (Wildman–Crippen MR) is 66.8 cm³/mol. The lowest BCUT2D eigenvalue weighted by molar-refractivity contribution is -0.138. The zero-order valence-electron chi connectivity index (χ0n) is 10.5. The van der Waals surface area contributed by atoms with E-state index in [0.29, 0.717) is 13.0 Å². The number of piperidine rings is 1. The Morgan fingerprint density at radius 3 is 2.84 bits per heavy atom. The topological polar surface area (TPSA) is 90.7 Å². The van der Waals surface area contributed by atoms with Crippen LogP contribution in [0, 0.1) is 0 Å². The van der Waals surface area contributed by atoms with E-state index in [-0.39, 0.29) is 29.7 Å². The Kier molecular flexibility index (Phi) is 3.99. The van der Waals surface area contributed by atoms with E-state index in [1.54, 1.807) is 4.90 Å². The maximum atomic E-state index is 12.3. The molecule has 0 unspecified atom stereocenters. The summed E-state index contributed by atoms with van der Waals surface area (Å²) < 4.78 is 0. The fourth-order valence-corrected chi connectivity index (χ4v) is 2.39. The molecule has 0 aromatic carbocycles. The van der Waals surface area contributed by atoms with Gasteiger partial charge >= 0.3 is 5.97 Å². The third-order valence-corrected chi connectivity index (χ3v) is 3.27. The highest BCUT2D eigenvalue weighted by Crippen LogP contribution is 2.22. The molecule has 102 valence electrons. The van der Waals surface area contributed by atoms with Gasteiger partial charge in [0.15, 0.2) is 0 Å². The van der Waals surface area contributed by atoms with Gasteiger partial charge in [0.1, 0.15) is 5.75 Å². The van der Waals surface area contributed by atoms with Crippen LogP contribution in [0.1, 0.15) is 36.0 Å². The Morgan fingerprint density at radius 1 is 1.37 bits per heavy atom. The number of hydrogen-bond donors (Lipinski definition) is 2. The van der Waals surface area contributed by atoms with Gasteiger partial charge in [-0.05, 0) is 25.3 Å².